The van der Waals surface area contributed by atoms with Crippen molar-refractivity contribution < 1.29 is 14.3 Å². The molecule has 8 heteroatoms. The van der Waals surface area contributed by atoms with Gasteiger partial charge in [-0.2, -0.15) is 0 Å². The summed E-state index contributed by atoms with van der Waals surface area (Å²) in [4.78, 5) is 18.9. The summed E-state index contributed by atoms with van der Waals surface area (Å²) in [5.74, 6) is 1.24. The van der Waals surface area contributed by atoms with Gasteiger partial charge in [0.25, 0.3) is 0 Å². The number of nitrogens with zero attached hydrogens (tertiary/aromatic N) is 2. The monoisotopic (exact) mass is 545 g/mol. The number of thioether (sulfide) groups is 1. The van der Waals surface area contributed by atoms with Gasteiger partial charge in [-0.05, 0) is 79.5 Å². The van der Waals surface area contributed by atoms with Crippen LogP contribution in [0.4, 0.5) is 10.5 Å². The van der Waals surface area contributed by atoms with Crippen molar-refractivity contribution in [2.45, 2.75) is 43.2 Å². The Bertz CT molecular complexity index is 1470. The lowest BCUT2D eigenvalue weighted by Crippen LogP contribution is -2.38. The first-order valence-corrected chi connectivity index (χ1v) is 14.9. The van der Waals surface area contributed by atoms with E-state index in [1.54, 1.807) is 32.0 Å². The number of carbonyl (C=O) groups is 1. The number of methoxy groups -OCH3 is 2. The van der Waals surface area contributed by atoms with E-state index in [1.165, 1.54) is 38.7 Å². The van der Waals surface area contributed by atoms with Crippen LogP contribution in [-0.2, 0) is 19.4 Å². The molecule has 0 saturated heterocycles. The average Bonchev–Trinajstić information content (AvgIpc) is 3.55. The number of urea groups is 1. The number of carbonyl (C=O) groups excluding carboxylic acids is 1. The number of thiophene rings is 1. The van der Waals surface area contributed by atoms with E-state index in [4.69, 9.17) is 9.47 Å². The number of aromatic nitrogens is 1. The molecule has 1 aliphatic carbocycles. The summed E-state index contributed by atoms with van der Waals surface area (Å²) in [6, 6.07) is 17.9. The highest BCUT2D eigenvalue weighted by atomic mass is 32.2. The Hall–Kier alpha value is -3.36. The number of aryl methyl sites for hydroxylation is 1. The van der Waals surface area contributed by atoms with Gasteiger partial charge in [0.2, 0.25) is 0 Å². The smallest absolute Gasteiger partial charge is 0.323 e. The van der Waals surface area contributed by atoms with E-state index < -0.39 is 0 Å². The third-order valence-electron chi connectivity index (χ3n) is 7.52. The second-order valence-corrected chi connectivity index (χ2v) is 11.6. The highest BCUT2D eigenvalue weighted by Gasteiger charge is 2.36. The van der Waals surface area contributed by atoms with Gasteiger partial charge in [-0.1, -0.05) is 12.1 Å². The molecule has 2 aromatic carbocycles. The lowest BCUT2D eigenvalue weighted by molar-refractivity contribution is 0.194. The van der Waals surface area contributed by atoms with Gasteiger partial charge < -0.3 is 24.3 Å². The molecule has 38 heavy (non-hydrogen) atoms. The van der Waals surface area contributed by atoms with Crippen molar-refractivity contribution in [3.63, 3.8) is 0 Å². The van der Waals surface area contributed by atoms with Crippen LogP contribution in [-0.4, -0.2) is 36.0 Å². The molecule has 2 amide bonds. The molecule has 6 nitrogen and oxygen atoms in total. The van der Waals surface area contributed by atoms with Gasteiger partial charge >= 0.3 is 6.03 Å². The molecule has 4 aromatic rings. The van der Waals surface area contributed by atoms with E-state index in [-0.39, 0.29) is 12.1 Å². The fraction of sp³-hybridized carbons (Fsp3) is 0.300. The maximum Gasteiger partial charge on any atom is 0.323 e. The second-order valence-electron chi connectivity index (χ2n) is 9.60. The number of fused-ring (bicyclic) bond motifs is 5. The molecule has 0 unspecified atom stereocenters. The summed E-state index contributed by atoms with van der Waals surface area (Å²) in [5, 5.41) is 4.41. The summed E-state index contributed by atoms with van der Waals surface area (Å²) in [6.07, 6.45) is 8.85. The minimum Gasteiger partial charge on any atom is -0.497 e. The van der Waals surface area contributed by atoms with Crippen LogP contribution in [0.5, 0.6) is 11.5 Å². The first-order valence-electron chi connectivity index (χ1n) is 12.9. The number of anilines is 1. The zero-order valence-corrected chi connectivity index (χ0v) is 23.5. The van der Waals surface area contributed by atoms with Crippen LogP contribution in [0, 0.1) is 0 Å². The number of rotatable bonds is 5. The number of hydrogen-bond donors (Lipinski definition) is 1. The van der Waals surface area contributed by atoms with Gasteiger partial charge in [0.1, 0.15) is 16.5 Å². The predicted molar refractivity (Wildman–Crippen MR) is 154 cm³/mol. The zero-order chi connectivity index (χ0) is 26.2. The zero-order valence-electron chi connectivity index (χ0n) is 21.8. The molecule has 3 heterocycles. The molecule has 1 N–H and O–H groups in total. The number of benzene rings is 2. The van der Waals surface area contributed by atoms with E-state index in [2.05, 4.69) is 58.7 Å². The Morgan fingerprint density at radius 2 is 1.84 bits per heavy atom. The van der Waals surface area contributed by atoms with E-state index >= 15 is 0 Å². The van der Waals surface area contributed by atoms with Crippen LogP contribution in [0.2, 0.25) is 0 Å². The third-order valence-corrected chi connectivity index (χ3v) is 9.60. The standard InChI is InChI=1S/C30H31N3O3S2/c1-35-20-12-15-24(26(17-20)36-2)31-30(34)33-18-23-22-7-4-5-9-27(22)38-29(23)32-16-6-8-25(32)28(33)19-10-13-21(37-3)14-11-19/h6,8,10-17,28H,4-5,7,9,18H2,1-3H3,(H,31,34)/t28-/m0/s1. The number of nitrogens with one attached hydrogen (secondary N) is 1. The molecule has 1 aliphatic heterocycles. The molecule has 0 radical (unpaired) electrons. The average molecular weight is 546 g/mol. The van der Waals surface area contributed by atoms with Crippen molar-refractivity contribution in [1.29, 1.82) is 0 Å². The highest BCUT2D eigenvalue weighted by molar-refractivity contribution is 7.98. The van der Waals surface area contributed by atoms with E-state index in [9.17, 15) is 4.79 Å². The van der Waals surface area contributed by atoms with Crippen LogP contribution in [0.25, 0.3) is 5.00 Å². The van der Waals surface area contributed by atoms with Gasteiger partial charge in [0, 0.05) is 27.6 Å². The van der Waals surface area contributed by atoms with Gasteiger partial charge in [0.05, 0.1) is 38.2 Å². The summed E-state index contributed by atoms with van der Waals surface area (Å²) in [7, 11) is 3.22. The Kier molecular flexibility index (Phi) is 6.84. The largest absolute Gasteiger partial charge is 0.497 e. The summed E-state index contributed by atoms with van der Waals surface area (Å²) >= 11 is 3.61. The van der Waals surface area contributed by atoms with Gasteiger partial charge in [-0.3, -0.25) is 0 Å². The van der Waals surface area contributed by atoms with Crippen molar-refractivity contribution in [2.24, 2.45) is 0 Å². The molecule has 6 rings (SSSR count). The number of hydrogen-bond acceptors (Lipinski definition) is 5. The molecular weight excluding hydrogens is 514 g/mol. The molecule has 2 aliphatic rings. The minimum absolute atomic E-state index is 0.163. The third kappa shape index (κ3) is 4.35. The van der Waals surface area contributed by atoms with Crippen molar-refractivity contribution in [3.05, 3.63) is 88.1 Å². The predicted octanol–water partition coefficient (Wildman–Crippen LogP) is 7.29. The van der Waals surface area contributed by atoms with Crippen molar-refractivity contribution >= 4 is 34.8 Å². The Balaban J connectivity index is 1.47. The Morgan fingerprint density at radius 1 is 1.03 bits per heavy atom. The van der Waals surface area contributed by atoms with Crippen LogP contribution < -0.4 is 14.8 Å². The van der Waals surface area contributed by atoms with E-state index in [0.717, 1.165) is 24.1 Å². The minimum atomic E-state index is -0.246. The second kappa shape index (κ2) is 10.4. The normalized spacial score (nSPS) is 16.2. The lowest BCUT2D eigenvalue weighted by Gasteiger charge is -2.31. The summed E-state index contributed by atoms with van der Waals surface area (Å²) in [5.41, 5.74) is 5.51. The molecule has 0 saturated carbocycles. The molecule has 0 fully saturated rings. The number of amides is 2. The SMILES string of the molecule is COc1ccc(NC(=O)N2Cc3c(sc4c3CCCC4)-n3cccc3[C@@H]2c2ccc(SC)cc2)c(OC)c1. The molecule has 1 atom stereocenters. The molecule has 2 aromatic heterocycles. The maximum absolute atomic E-state index is 14.2. The fourth-order valence-corrected chi connectivity index (χ4v) is 7.42. The first-order chi connectivity index (χ1) is 18.6. The van der Waals surface area contributed by atoms with Crippen molar-refractivity contribution in [1.82, 2.24) is 9.47 Å². The van der Waals surface area contributed by atoms with Crippen LogP contribution in [0.3, 0.4) is 0 Å². The maximum atomic E-state index is 14.2. The van der Waals surface area contributed by atoms with Gasteiger partial charge in [0.15, 0.2) is 0 Å². The lowest BCUT2D eigenvalue weighted by atomic mass is 9.95. The van der Waals surface area contributed by atoms with Crippen molar-refractivity contribution in [2.75, 3.05) is 25.8 Å². The van der Waals surface area contributed by atoms with E-state index in [0.29, 0.717) is 23.7 Å². The van der Waals surface area contributed by atoms with Gasteiger partial charge in [-0.25, -0.2) is 4.79 Å². The Labute approximate surface area is 231 Å². The van der Waals surface area contributed by atoms with Crippen LogP contribution >= 0.6 is 23.1 Å². The van der Waals surface area contributed by atoms with Crippen LogP contribution in [0.1, 0.15) is 46.1 Å². The first kappa shape index (κ1) is 24.9. The summed E-state index contributed by atoms with van der Waals surface area (Å²) < 4.78 is 13.2. The highest BCUT2D eigenvalue weighted by Crippen LogP contribution is 2.44. The molecule has 0 bridgehead atoms. The molecule has 196 valence electrons. The van der Waals surface area contributed by atoms with Gasteiger partial charge in [-0.15, -0.1) is 23.1 Å². The number of ether oxygens (including phenoxy) is 2. The van der Waals surface area contributed by atoms with Crippen molar-refractivity contribution in [3.8, 4) is 16.5 Å². The molecule has 0 spiro atoms. The topological polar surface area (TPSA) is 55.7 Å². The van der Waals surface area contributed by atoms with Crippen LogP contribution in [0.15, 0.2) is 65.7 Å². The Morgan fingerprint density at radius 3 is 2.61 bits per heavy atom. The van der Waals surface area contributed by atoms with E-state index in [1.807, 2.05) is 28.4 Å². The fourth-order valence-electron chi connectivity index (χ4n) is 5.61. The quantitative estimate of drug-likeness (QED) is 0.268. The molecular formula is C30H31N3O3S2. The summed E-state index contributed by atoms with van der Waals surface area (Å²) in [6.45, 7) is 0.544.